The number of carboxylic acids is 1. The van der Waals surface area contributed by atoms with Crippen LogP contribution in [0, 0.1) is 0 Å². The van der Waals surface area contributed by atoms with Crippen LogP contribution in [0.5, 0.6) is 0 Å². The van der Waals surface area contributed by atoms with Gasteiger partial charge in [0.05, 0.1) is 5.69 Å². The summed E-state index contributed by atoms with van der Waals surface area (Å²) >= 11 is 1.05. The van der Waals surface area contributed by atoms with Crippen molar-refractivity contribution in [1.29, 1.82) is 0 Å². The van der Waals surface area contributed by atoms with Crippen LogP contribution in [-0.2, 0) is 6.42 Å². The van der Waals surface area contributed by atoms with Gasteiger partial charge in [-0.15, -0.1) is 0 Å². The van der Waals surface area contributed by atoms with Crippen molar-refractivity contribution in [2.45, 2.75) is 19.8 Å². The molecule has 0 atom stereocenters. The predicted octanol–water partition coefficient (Wildman–Crippen LogP) is 1.38. The van der Waals surface area contributed by atoms with Gasteiger partial charge in [-0.05, 0) is 18.0 Å². The van der Waals surface area contributed by atoms with Crippen molar-refractivity contribution < 1.29 is 9.90 Å². The summed E-state index contributed by atoms with van der Waals surface area (Å²) in [5.41, 5.74) is 6.23. The Labute approximate surface area is 74.2 Å². The molecule has 66 valence electrons. The topological polar surface area (TPSA) is 76.2 Å². The molecule has 0 unspecified atom stereocenters. The molecule has 0 radical (unpaired) electrons. The molecule has 0 aliphatic carbocycles. The highest BCUT2D eigenvalue weighted by atomic mass is 32.1. The van der Waals surface area contributed by atoms with Crippen LogP contribution >= 0.6 is 11.5 Å². The monoisotopic (exact) mass is 186 g/mol. The van der Waals surface area contributed by atoms with Crippen molar-refractivity contribution >= 4 is 22.5 Å². The Morgan fingerprint density at radius 3 is 2.92 bits per heavy atom. The number of hydrogen-bond donors (Lipinski definition) is 2. The number of hydrogen-bond acceptors (Lipinski definition) is 4. The maximum Gasteiger partial charge on any atom is 0.340 e. The van der Waals surface area contributed by atoms with E-state index in [4.69, 9.17) is 10.8 Å². The molecular weight excluding hydrogens is 176 g/mol. The van der Waals surface area contributed by atoms with Gasteiger partial charge >= 0.3 is 5.97 Å². The van der Waals surface area contributed by atoms with E-state index in [1.54, 1.807) is 0 Å². The third-order valence-corrected chi connectivity index (χ3v) is 2.20. The van der Waals surface area contributed by atoms with Crippen molar-refractivity contribution in [1.82, 2.24) is 4.37 Å². The second kappa shape index (κ2) is 3.53. The van der Waals surface area contributed by atoms with E-state index in [9.17, 15) is 4.79 Å². The van der Waals surface area contributed by atoms with Crippen LogP contribution in [0.15, 0.2) is 0 Å². The Bertz CT molecular complexity index is 296. The first kappa shape index (κ1) is 8.99. The maximum atomic E-state index is 10.7. The van der Waals surface area contributed by atoms with Gasteiger partial charge in [-0.1, -0.05) is 13.3 Å². The first-order valence-electron chi connectivity index (χ1n) is 3.64. The zero-order chi connectivity index (χ0) is 9.14. The quantitative estimate of drug-likeness (QED) is 0.747. The first-order valence-corrected chi connectivity index (χ1v) is 4.41. The summed E-state index contributed by atoms with van der Waals surface area (Å²) < 4.78 is 3.96. The molecule has 1 aromatic rings. The van der Waals surface area contributed by atoms with Crippen LogP contribution in [0.25, 0.3) is 0 Å². The van der Waals surface area contributed by atoms with Crippen molar-refractivity contribution in [3.8, 4) is 0 Å². The molecule has 3 N–H and O–H groups in total. The van der Waals surface area contributed by atoms with Gasteiger partial charge in [-0.3, -0.25) is 0 Å². The Balaban J connectivity index is 3.04. The lowest BCUT2D eigenvalue weighted by Gasteiger charge is -1.95. The van der Waals surface area contributed by atoms with E-state index in [0.29, 0.717) is 17.1 Å². The second-order valence-corrected chi connectivity index (χ2v) is 3.23. The molecule has 1 aromatic heterocycles. The molecule has 0 aromatic carbocycles. The summed E-state index contributed by atoms with van der Waals surface area (Å²) in [6.07, 6.45) is 1.55. The minimum atomic E-state index is -0.982. The molecular formula is C7H10N2O2S. The fourth-order valence-electron chi connectivity index (χ4n) is 0.974. The molecule has 5 heteroatoms. The molecule has 0 saturated carbocycles. The van der Waals surface area contributed by atoms with Crippen LogP contribution < -0.4 is 5.73 Å². The Morgan fingerprint density at radius 2 is 2.42 bits per heavy atom. The van der Waals surface area contributed by atoms with Gasteiger partial charge in [0.1, 0.15) is 10.6 Å². The third kappa shape index (κ3) is 1.55. The van der Waals surface area contributed by atoms with Crippen LogP contribution in [-0.4, -0.2) is 15.4 Å². The molecule has 0 aliphatic rings. The second-order valence-electron chi connectivity index (χ2n) is 2.42. The van der Waals surface area contributed by atoms with Gasteiger partial charge in [-0.25, -0.2) is 4.79 Å². The predicted molar refractivity (Wildman–Crippen MR) is 47.5 cm³/mol. The number of carbonyl (C=O) groups is 1. The number of carboxylic acid groups (broad SMARTS) is 1. The van der Waals surface area contributed by atoms with E-state index in [-0.39, 0.29) is 5.56 Å². The molecule has 12 heavy (non-hydrogen) atoms. The summed E-state index contributed by atoms with van der Waals surface area (Å²) in [6.45, 7) is 1.97. The highest BCUT2D eigenvalue weighted by Crippen LogP contribution is 2.22. The summed E-state index contributed by atoms with van der Waals surface area (Å²) in [4.78, 5) is 10.7. The number of aromatic carboxylic acids is 1. The first-order chi connectivity index (χ1) is 5.66. The SMILES string of the molecule is CCCc1nsc(N)c1C(=O)O. The van der Waals surface area contributed by atoms with E-state index in [0.717, 1.165) is 18.0 Å². The van der Waals surface area contributed by atoms with Crippen LogP contribution in [0.2, 0.25) is 0 Å². The van der Waals surface area contributed by atoms with Gasteiger partial charge < -0.3 is 10.8 Å². The Morgan fingerprint density at radius 1 is 1.75 bits per heavy atom. The molecule has 0 saturated heterocycles. The van der Waals surface area contributed by atoms with Crippen molar-refractivity contribution in [3.63, 3.8) is 0 Å². The van der Waals surface area contributed by atoms with Gasteiger partial charge in [0.25, 0.3) is 0 Å². The van der Waals surface area contributed by atoms with E-state index in [1.165, 1.54) is 0 Å². The normalized spacial score (nSPS) is 10.1. The van der Waals surface area contributed by atoms with Crippen molar-refractivity contribution in [2.24, 2.45) is 0 Å². The molecule has 0 fully saturated rings. The summed E-state index contributed by atoms with van der Waals surface area (Å²) in [7, 11) is 0. The smallest absolute Gasteiger partial charge is 0.340 e. The van der Waals surface area contributed by atoms with Crippen molar-refractivity contribution in [2.75, 3.05) is 5.73 Å². The van der Waals surface area contributed by atoms with E-state index >= 15 is 0 Å². The fraction of sp³-hybridized carbons (Fsp3) is 0.429. The molecule has 1 rings (SSSR count). The Kier molecular flexibility index (Phi) is 2.65. The number of nitrogens with two attached hydrogens (primary N) is 1. The Hall–Kier alpha value is -1.10. The van der Waals surface area contributed by atoms with Gasteiger partial charge in [0.15, 0.2) is 0 Å². The van der Waals surface area contributed by atoms with Gasteiger partial charge in [-0.2, -0.15) is 4.37 Å². The largest absolute Gasteiger partial charge is 0.478 e. The maximum absolute atomic E-state index is 10.7. The average molecular weight is 186 g/mol. The molecule has 0 spiro atoms. The lowest BCUT2D eigenvalue weighted by atomic mass is 10.1. The fourth-order valence-corrected chi connectivity index (χ4v) is 1.66. The zero-order valence-electron chi connectivity index (χ0n) is 6.70. The highest BCUT2D eigenvalue weighted by Gasteiger charge is 2.16. The zero-order valence-corrected chi connectivity index (χ0v) is 7.52. The lowest BCUT2D eigenvalue weighted by molar-refractivity contribution is 0.0697. The average Bonchev–Trinajstić information content (AvgIpc) is 2.32. The standard InChI is InChI=1S/C7H10N2O2S/c1-2-3-4-5(7(10)11)6(8)12-9-4/h2-3,8H2,1H3,(H,10,11). The molecule has 0 bridgehead atoms. The van der Waals surface area contributed by atoms with Gasteiger partial charge in [0.2, 0.25) is 0 Å². The van der Waals surface area contributed by atoms with E-state index in [1.807, 2.05) is 6.92 Å². The molecule has 0 aliphatic heterocycles. The van der Waals surface area contributed by atoms with Crippen LogP contribution in [0.4, 0.5) is 5.00 Å². The molecule has 1 heterocycles. The van der Waals surface area contributed by atoms with Crippen molar-refractivity contribution in [3.05, 3.63) is 11.3 Å². The highest BCUT2D eigenvalue weighted by molar-refractivity contribution is 7.10. The lowest BCUT2D eigenvalue weighted by Crippen LogP contribution is -2.02. The number of nitrogens with zero attached hydrogens (tertiary/aromatic N) is 1. The number of anilines is 1. The van der Waals surface area contributed by atoms with Crippen LogP contribution in [0.1, 0.15) is 29.4 Å². The summed E-state index contributed by atoms with van der Waals surface area (Å²) in [6, 6.07) is 0. The van der Waals surface area contributed by atoms with Gasteiger partial charge in [0, 0.05) is 0 Å². The number of nitrogen functional groups attached to an aromatic ring is 1. The third-order valence-electron chi connectivity index (χ3n) is 1.49. The number of aryl methyl sites for hydroxylation is 1. The minimum absolute atomic E-state index is 0.182. The number of aromatic nitrogens is 1. The summed E-state index contributed by atoms with van der Waals surface area (Å²) in [5.74, 6) is -0.982. The molecule has 0 amide bonds. The van der Waals surface area contributed by atoms with E-state index in [2.05, 4.69) is 4.37 Å². The minimum Gasteiger partial charge on any atom is -0.478 e. The summed E-state index contributed by atoms with van der Waals surface area (Å²) in [5, 5.41) is 9.05. The van der Waals surface area contributed by atoms with E-state index < -0.39 is 5.97 Å². The number of rotatable bonds is 3. The van der Waals surface area contributed by atoms with Crippen LogP contribution in [0.3, 0.4) is 0 Å². The molecule has 4 nitrogen and oxygen atoms in total.